The zero-order valence-corrected chi connectivity index (χ0v) is 17.7. The Balaban J connectivity index is 0.00000288. The van der Waals surface area contributed by atoms with E-state index in [1.165, 1.54) is 10.4 Å². The Labute approximate surface area is 166 Å². The highest BCUT2D eigenvalue weighted by molar-refractivity contribution is 14.0. The van der Waals surface area contributed by atoms with Gasteiger partial charge in [0.25, 0.3) is 0 Å². The molecule has 0 saturated heterocycles. The molecule has 0 spiro atoms. The van der Waals surface area contributed by atoms with Gasteiger partial charge in [0.05, 0.1) is 6.54 Å². The normalized spacial score (nSPS) is 12.6. The van der Waals surface area contributed by atoms with Crippen molar-refractivity contribution in [2.75, 3.05) is 27.7 Å². The van der Waals surface area contributed by atoms with Crippen molar-refractivity contribution in [1.82, 2.24) is 15.5 Å². The van der Waals surface area contributed by atoms with E-state index >= 15 is 0 Å². The molecule has 6 heteroatoms. The first-order chi connectivity index (χ1) is 11.2. The van der Waals surface area contributed by atoms with Crippen LogP contribution in [-0.4, -0.2) is 44.6 Å². The van der Waals surface area contributed by atoms with E-state index in [-0.39, 0.29) is 24.0 Å². The van der Waals surface area contributed by atoms with Gasteiger partial charge in [-0.05, 0) is 37.5 Å². The highest BCUT2D eigenvalue weighted by Gasteiger charge is 2.13. The minimum atomic E-state index is 0. The second kappa shape index (κ2) is 11.4. The molecule has 2 N–H and O–H groups in total. The van der Waals surface area contributed by atoms with E-state index in [4.69, 9.17) is 0 Å². The van der Waals surface area contributed by atoms with E-state index in [2.05, 4.69) is 82.5 Å². The predicted molar refractivity (Wildman–Crippen MR) is 116 cm³/mol. The van der Waals surface area contributed by atoms with Gasteiger partial charge in [-0.1, -0.05) is 36.4 Å². The zero-order valence-electron chi connectivity index (χ0n) is 14.5. The second-order valence-corrected chi connectivity index (χ2v) is 6.73. The molecule has 1 unspecified atom stereocenters. The van der Waals surface area contributed by atoms with Gasteiger partial charge in [-0.15, -0.1) is 35.3 Å². The summed E-state index contributed by atoms with van der Waals surface area (Å²) >= 11 is 1.75. The maximum Gasteiger partial charge on any atom is 0.191 e. The van der Waals surface area contributed by atoms with E-state index in [0.717, 1.165) is 25.5 Å². The molecule has 1 aromatic carbocycles. The monoisotopic (exact) mass is 458 g/mol. The lowest BCUT2D eigenvalue weighted by Gasteiger charge is -2.25. The van der Waals surface area contributed by atoms with Crippen molar-refractivity contribution in [3.8, 4) is 0 Å². The van der Waals surface area contributed by atoms with Gasteiger partial charge in [0, 0.05) is 24.5 Å². The maximum atomic E-state index is 4.31. The number of nitrogens with zero attached hydrogens (tertiary/aromatic N) is 2. The summed E-state index contributed by atoms with van der Waals surface area (Å²) in [5, 5.41) is 8.89. The summed E-state index contributed by atoms with van der Waals surface area (Å²) in [5.41, 5.74) is 1.36. The molecule has 0 bridgehead atoms. The smallest absolute Gasteiger partial charge is 0.191 e. The Kier molecular flexibility index (Phi) is 9.97. The second-order valence-electron chi connectivity index (χ2n) is 5.69. The van der Waals surface area contributed by atoms with Crippen molar-refractivity contribution in [3.05, 3.63) is 58.3 Å². The molecule has 0 saturated carbocycles. The van der Waals surface area contributed by atoms with Crippen LogP contribution in [-0.2, 0) is 13.0 Å². The van der Waals surface area contributed by atoms with Crippen LogP contribution in [0.4, 0.5) is 0 Å². The number of guanidine groups is 1. The molecule has 1 aromatic heterocycles. The third kappa shape index (κ3) is 7.19. The number of hydrogen-bond acceptors (Lipinski definition) is 3. The van der Waals surface area contributed by atoms with E-state index in [9.17, 15) is 0 Å². The fourth-order valence-electron chi connectivity index (χ4n) is 2.34. The van der Waals surface area contributed by atoms with Crippen LogP contribution in [0, 0.1) is 0 Å². The molecular weight excluding hydrogens is 431 g/mol. The van der Waals surface area contributed by atoms with Crippen LogP contribution < -0.4 is 10.6 Å². The molecule has 0 aliphatic heterocycles. The number of benzene rings is 1. The number of halogens is 1. The lowest BCUT2D eigenvalue weighted by molar-refractivity contribution is 0.290. The first-order valence-corrected chi connectivity index (χ1v) is 8.74. The Morgan fingerprint density at radius 2 is 1.88 bits per heavy atom. The molecule has 1 atom stereocenters. The van der Waals surface area contributed by atoms with Crippen molar-refractivity contribution in [1.29, 1.82) is 0 Å². The summed E-state index contributed by atoms with van der Waals surface area (Å²) in [6, 6.07) is 15.2. The number of aliphatic imine (C=N–C) groups is 1. The molecular formula is C18H27IN4S. The summed E-state index contributed by atoms with van der Waals surface area (Å²) < 4.78 is 0. The zero-order chi connectivity index (χ0) is 16.5. The Morgan fingerprint density at radius 1 is 1.12 bits per heavy atom. The average Bonchev–Trinajstić information content (AvgIpc) is 3.08. The maximum absolute atomic E-state index is 4.31. The van der Waals surface area contributed by atoms with Crippen LogP contribution in [0.1, 0.15) is 10.4 Å². The fourth-order valence-corrected chi connectivity index (χ4v) is 2.99. The minimum absolute atomic E-state index is 0. The summed E-state index contributed by atoms with van der Waals surface area (Å²) in [6.45, 7) is 1.66. The molecule has 132 valence electrons. The Bertz CT molecular complexity index is 584. The molecule has 0 fully saturated rings. The molecule has 0 aliphatic carbocycles. The van der Waals surface area contributed by atoms with Crippen LogP contribution in [0.15, 0.2) is 52.8 Å². The third-order valence-electron chi connectivity index (χ3n) is 3.78. The van der Waals surface area contributed by atoms with Crippen molar-refractivity contribution >= 4 is 41.3 Å². The summed E-state index contributed by atoms with van der Waals surface area (Å²) in [6.07, 6.45) is 1.02. The lowest BCUT2D eigenvalue weighted by Crippen LogP contribution is -2.45. The average molecular weight is 458 g/mol. The van der Waals surface area contributed by atoms with Gasteiger partial charge in [-0.25, -0.2) is 0 Å². The summed E-state index contributed by atoms with van der Waals surface area (Å²) in [5.74, 6) is 0.846. The largest absolute Gasteiger partial charge is 0.355 e. The highest BCUT2D eigenvalue weighted by Crippen LogP contribution is 2.08. The van der Waals surface area contributed by atoms with Gasteiger partial charge in [0.1, 0.15) is 0 Å². The lowest BCUT2D eigenvalue weighted by atomic mass is 10.1. The van der Waals surface area contributed by atoms with Gasteiger partial charge in [-0.2, -0.15) is 0 Å². The van der Waals surface area contributed by atoms with E-state index in [1.54, 1.807) is 11.3 Å². The topological polar surface area (TPSA) is 39.7 Å². The third-order valence-corrected chi connectivity index (χ3v) is 4.66. The highest BCUT2D eigenvalue weighted by atomic mass is 127. The van der Waals surface area contributed by atoms with Crippen LogP contribution in [0.25, 0.3) is 0 Å². The number of hydrogen-bond donors (Lipinski definition) is 2. The number of nitrogens with one attached hydrogen (secondary N) is 2. The molecule has 1 heterocycles. The quantitative estimate of drug-likeness (QED) is 0.381. The Hall–Kier alpha value is -1.12. The molecule has 2 rings (SSSR count). The molecule has 4 nitrogen and oxygen atoms in total. The van der Waals surface area contributed by atoms with Crippen molar-refractivity contribution in [2.24, 2.45) is 4.99 Å². The molecule has 0 radical (unpaired) electrons. The van der Waals surface area contributed by atoms with Gasteiger partial charge in [0.15, 0.2) is 5.96 Å². The fraction of sp³-hybridized carbons (Fsp3) is 0.389. The number of likely N-dealkylation sites (N-methyl/N-ethyl adjacent to an activating group) is 1. The van der Waals surface area contributed by atoms with Crippen molar-refractivity contribution in [3.63, 3.8) is 0 Å². The summed E-state index contributed by atoms with van der Waals surface area (Å²) in [7, 11) is 6.06. The van der Waals surface area contributed by atoms with E-state index < -0.39 is 0 Å². The van der Waals surface area contributed by atoms with E-state index in [0.29, 0.717) is 6.04 Å². The molecule has 0 amide bonds. The van der Waals surface area contributed by atoms with Crippen LogP contribution in [0.5, 0.6) is 0 Å². The van der Waals surface area contributed by atoms with Gasteiger partial charge >= 0.3 is 0 Å². The van der Waals surface area contributed by atoms with Gasteiger partial charge < -0.3 is 15.5 Å². The summed E-state index contributed by atoms with van der Waals surface area (Å²) in [4.78, 5) is 7.87. The molecule has 24 heavy (non-hydrogen) atoms. The van der Waals surface area contributed by atoms with Crippen LogP contribution >= 0.6 is 35.3 Å². The minimum Gasteiger partial charge on any atom is -0.355 e. The standard InChI is InChI=1S/C18H26N4S.HI/c1-19-18(21-14-17-10-7-11-23-17)20-13-16(22(2)3)12-15-8-5-4-6-9-15;/h4-11,16H,12-14H2,1-3H3,(H2,19,20,21);1H. The van der Waals surface area contributed by atoms with E-state index in [1.807, 2.05) is 7.05 Å². The number of thiophene rings is 1. The predicted octanol–water partition coefficient (Wildman–Crippen LogP) is 3.20. The van der Waals surface area contributed by atoms with Gasteiger partial charge in [-0.3, -0.25) is 4.99 Å². The van der Waals surface area contributed by atoms with Crippen LogP contribution in [0.2, 0.25) is 0 Å². The van der Waals surface area contributed by atoms with Crippen LogP contribution in [0.3, 0.4) is 0 Å². The SMILES string of the molecule is CN=C(NCc1cccs1)NCC(Cc1ccccc1)N(C)C.I. The van der Waals surface area contributed by atoms with Gasteiger partial charge in [0.2, 0.25) is 0 Å². The first-order valence-electron chi connectivity index (χ1n) is 7.86. The number of rotatable bonds is 7. The van der Waals surface area contributed by atoms with Crippen molar-refractivity contribution in [2.45, 2.75) is 19.0 Å². The first kappa shape index (κ1) is 20.9. The molecule has 0 aliphatic rings. The molecule has 2 aromatic rings. The Morgan fingerprint density at radius 3 is 2.46 bits per heavy atom. The van der Waals surface area contributed by atoms with Crippen molar-refractivity contribution < 1.29 is 0 Å².